The van der Waals surface area contributed by atoms with Crippen LogP contribution in [0.2, 0.25) is 5.02 Å². The molecule has 3 amide bonds. The number of methoxy groups -OCH3 is 1. The highest BCUT2D eigenvalue weighted by Crippen LogP contribution is 2.33. The fourth-order valence-electron chi connectivity index (χ4n) is 4.23. The molecular formula is C18H24ClN5O3. The molecule has 0 radical (unpaired) electrons. The number of nitrogens with one attached hydrogen (secondary N) is 1. The first-order valence-electron chi connectivity index (χ1n) is 9.14. The smallest absolute Gasteiger partial charge is 0.327 e. The number of anilines is 1. The van der Waals surface area contributed by atoms with Crippen LogP contribution >= 0.6 is 11.6 Å². The number of hydrogen-bond donors (Lipinski definition) is 1. The number of nitrogens with zero attached hydrogens (tertiary/aromatic N) is 4. The van der Waals surface area contributed by atoms with E-state index in [1.165, 1.54) is 4.90 Å². The van der Waals surface area contributed by atoms with E-state index in [1.807, 2.05) is 24.3 Å². The van der Waals surface area contributed by atoms with Gasteiger partial charge in [-0.2, -0.15) is 0 Å². The number of rotatable bonds is 4. The molecule has 3 unspecified atom stereocenters. The van der Waals surface area contributed by atoms with Gasteiger partial charge in [-0.25, -0.2) is 4.79 Å². The minimum Gasteiger partial charge on any atom is -0.383 e. The minimum absolute atomic E-state index is 0.159. The quantitative estimate of drug-likeness (QED) is 0.822. The normalized spacial score (nSPS) is 28.6. The van der Waals surface area contributed by atoms with E-state index >= 15 is 0 Å². The zero-order valence-electron chi connectivity index (χ0n) is 15.5. The molecule has 0 aromatic heterocycles. The molecule has 3 atom stereocenters. The number of fused-ring (bicyclic) bond motifs is 3. The van der Waals surface area contributed by atoms with Gasteiger partial charge in [0.1, 0.15) is 18.5 Å². The lowest BCUT2D eigenvalue weighted by Crippen LogP contribution is -2.66. The average molecular weight is 394 g/mol. The Morgan fingerprint density at radius 1 is 1.30 bits per heavy atom. The molecule has 1 aromatic carbocycles. The summed E-state index contributed by atoms with van der Waals surface area (Å²) in [6, 6.07) is 7.01. The van der Waals surface area contributed by atoms with Crippen LogP contribution in [-0.4, -0.2) is 85.5 Å². The molecule has 0 spiro atoms. The molecule has 146 valence electrons. The van der Waals surface area contributed by atoms with Gasteiger partial charge in [-0.3, -0.25) is 19.9 Å². The average Bonchev–Trinajstić information content (AvgIpc) is 3.06. The second-order valence-electron chi connectivity index (χ2n) is 7.07. The van der Waals surface area contributed by atoms with Gasteiger partial charge in [0.15, 0.2) is 0 Å². The molecule has 0 saturated carbocycles. The monoisotopic (exact) mass is 393 g/mol. The number of imide groups is 1. The Morgan fingerprint density at radius 3 is 2.85 bits per heavy atom. The summed E-state index contributed by atoms with van der Waals surface area (Å²) in [5.74, 6) is -0.164. The summed E-state index contributed by atoms with van der Waals surface area (Å²) < 4.78 is 5.07. The van der Waals surface area contributed by atoms with E-state index in [9.17, 15) is 9.59 Å². The molecule has 3 heterocycles. The van der Waals surface area contributed by atoms with Gasteiger partial charge in [0.2, 0.25) is 0 Å². The molecular weight excluding hydrogens is 370 g/mol. The lowest BCUT2D eigenvalue weighted by atomic mass is 10.1. The predicted octanol–water partition coefficient (Wildman–Crippen LogP) is 0.974. The van der Waals surface area contributed by atoms with Gasteiger partial charge in [-0.15, -0.1) is 0 Å². The van der Waals surface area contributed by atoms with Crippen LogP contribution in [0.1, 0.15) is 6.42 Å². The molecule has 3 aliphatic rings. The van der Waals surface area contributed by atoms with Gasteiger partial charge in [-0.05, 0) is 24.6 Å². The summed E-state index contributed by atoms with van der Waals surface area (Å²) in [5.41, 5.74) is 1.00. The Labute approximate surface area is 163 Å². The van der Waals surface area contributed by atoms with Gasteiger partial charge >= 0.3 is 6.03 Å². The van der Waals surface area contributed by atoms with Crippen LogP contribution in [0.3, 0.4) is 0 Å². The van der Waals surface area contributed by atoms with E-state index in [0.717, 1.165) is 25.2 Å². The van der Waals surface area contributed by atoms with Crippen molar-refractivity contribution in [3.8, 4) is 0 Å². The molecule has 1 N–H and O–H groups in total. The summed E-state index contributed by atoms with van der Waals surface area (Å²) in [6.07, 6.45) is 0.416. The van der Waals surface area contributed by atoms with E-state index in [2.05, 4.69) is 15.1 Å². The fraction of sp³-hybridized carbons (Fsp3) is 0.556. The van der Waals surface area contributed by atoms with Crippen LogP contribution in [0, 0.1) is 0 Å². The predicted molar refractivity (Wildman–Crippen MR) is 101 cm³/mol. The van der Waals surface area contributed by atoms with Crippen LogP contribution in [0.4, 0.5) is 10.5 Å². The number of hydrogen-bond acceptors (Lipinski definition) is 6. The number of carbonyl (C=O) groups excluding carboxylic acids is 2. The van der Waals surface area contributed by atoms with Crippen LogP contribution in [-0.2, 0) is 9.53 Å². The van der Waals surface area contributed by atoms with Crippen molar-refractivity contribution >= 4 is 29.2 Å². The molecule has 0 bridgehead atoms. The van der Waals surface area contributed by atoms with E-state index in [-0.39, 0.29) is 30.9 Å². The van der Waals surface area contributed by atoms with E-state index < -0.39 is 6.04 Å². The third-order valence-corrected chi connectivity index (χ3v) is 5.76. The van der Waals surface area contributed by atoms with E-state index in [1.54, 1.807) is 19.1 Å². The molecule has 8 nitrogen and oxygen atoms in total. The summed E-state index contributed by atoms with van der Waals surface area (Å²) in [5, 5.41) is 4.16. The summed E-state index contributed by atoms with van der Waals surface area (Å²) in [4.78, 5) is 33.1. The number of carbonyl (C=O) groups is 2. The maximum Gasteiger partial charge on any atom is 0.327 e. The van der Waals surface area contributed by atoms with Crippen LogP contribution < -0.4 is 10.2 Å². The van der Waals surface area contributed by atoms with Crippen molar-refractivity contribution in [2.75, 3.05) is 45.3 Å². The largest absolute Gasteiger partial charge is 0.383 e. The lowest BCUT2D eigenvalue weighted by Gasteiger charge is -2.43. The zero-order valence-corrected chi connectivity index (χ0v) is 16.2. The SMILES string of the molecule is COCCN1C(=O)C2C(NC3N(c4cccc(Cl)c4)CCCN23)N(C)C1=O. The molecule has 1 aromatic rings. The number of urea groups is 1. The standard InChI is InChI=1S/C18H24ClN5O3/c1-21-15-14(16(25)24(18(21)26)9-10-27-2)23-8-4-7-22(17(23)20-15)13-6-3-5-12(19)11-13/h3,5-6,11,14-15,17,20H,4,7-10H2,1-2H3. The highest BCUT2D eigenvalue weighted by molar-refractivity contribution is 6.30. The second-order valence-corrected chi connectivity index (χ2v) is 7.51. The zero-order chi connectivity index (χ0) is 19.1. The molecule has 27 heavy (non-hydrogen) atoms. The Morgan fingerprint density at radius 2 is 2.11 bits per heavy atom. The van der Waals surface area contributed by atoms with Crippen molar-refractivity contribution in [2.45, 2.75) is 24.9 Å². The molecule has 4 rings (SSSR count). The van der Waals surface area contributed by atoms with Gasteiger partial charge < -0.3 is 14.5 Å². The van der Waals surface area contributed by atoms with Crippen molar-refractivity contribution in [3.63, 3.8) is 0 Å². The Hall–Kier alpha value is -1.87. The first-order chi connectivity index (χ1) is 13.0. The minimum atomic E-state index is -0.406. The summed E-state index contributed by atoms with van der Waals surface area (Å²) in [6.45, 7) is 2.24. The van der Waals surface area contributed by atoms with Crippen molar-refractivity contribution in [1.82, 2.24) is 20.0 Å². The third kappa shape index (κ3) is 3.06. The Bertz CT molecular complexity index is 747. The topological polar surface area (TPSA) is 68.4 Å². The third-order valence-electron chi connectivity index (χ3n) is 5.53. The van der Waals surface area contributed by atoms with Gasteiger partial charge in [0, 0.05) is 38.0 Å². The van der Waals surface area contributed by atoms with Crippen LogP contribution in [0.15, 0.2) is 24.3 Å². The van der Waals surface area contributed by atoms with Gasteiger partial charge in [-0.1, -0.05) is 17.7 Å². The Balaban J connectivity index is 1.63. The summed E-state index contributed by atoms with van der Waals surface area (Å²) >= 11 is 6.18. The maximum atomic E-state index is 13.1. The van der Waals surface area contributed by atoms with E-state index in [4.69, 9.17) is 16.3 Å². The highest BCUT2D eigenvalue weighted by Gasteiger charge is 2.55. The second kappa shape index (κ2) is 7.27. The van der Waals surface area contributed by atoms with Gasteiger partial charge in [0.25, 0.3) is 5.91 Å². The van der Waals surface area contributed by atoms with Crippen LogP contribution in [0.25, 0.3) is 0 Å². The van der Waals surface area contributed by atoms with Gasteiger partial charge in [0.05, 0.1) is 13.2 Å². The molecule has 0 aliphatic carbocycles. The highest BCUT2D eigenvalue weighted by atomic mass is 35.5. The molecule has 3 saturated heterocycles. The number of likely N-dealkylation sites (N-methyl/N-ethyl adjacent to an activating group) is 1. The van der Waals surface area contributed by atoms with Crippen molar-refractivity contribution in [2.24, 2.45) is 0 Å². The van der Waals surface area contributed by atoms with Crippen molar-refractivity contribution < 1.29 is 14.3 Å². The molecule has 3 fully saturated rings. The van der Waals surface area contributed by atoms with Crippen molar-refractivity contribution in [3.05, 3.63) is 29.3 Å². The number of halogens is 1. The van der Waals surface area contributed by atoms with Crippen molar-refractivity contribution in [1.29, 1.82) is 0 Å². The number of amides is 3. The summed E-state index contributed by atoms with van der Waals surface area (Å²) in [7, 11) is 3.30. The Kier molecular flexibility index (Phi) is 4.98. The number of benzene rings is 1. The fourth-order valence-corrected chi connectivity index (χ4v) is 4.41. The first kappa shape index (κ1) is 18.5. The lowest BCUT2D eigenvalue weighted by molar-refractivity contribution is -0.139. The first-order valence-corrected chi connectivity index (χ1v) is 9.52. The van der Waals surface area contributed by atoms with Crippen LogP contribution in [0.5, 0.6) is 0 Å². The molecule has 9 heteroatoms. The maximum absolute atomic E-state index is 13.1. The number of ether oxygens (including phenoxy) is 1. The van der Waals surface area contributed by atoms with E-state index in [0.29, 0.717) is 11.6 Å². The molecule has 3 aliphatic heterocycles.